The van der Waals surface area contributed by atoms with Crippen molar-refractivity contribution in [3.8, 4) is 0 Å². The second-order valence-electron chi connectivity index (χ2n) is 7.71. The van der Waals surface area contributed by atoms with Crippen LogP contribution in [-0.2, 0) is 20.7 Å². The molecule has 2 saturated heterocycles. The molecule has 26 heavy (non-hydrogen) atoms. The van der Waals surface area contributed by atoms with Crippen LogP contribution in [-0.4, -0.2) is 73.6 Å². The van der Waals surface area contributed by atoms with Crippen LogP contribution in [0, 0.1) is 6.92 Å². The fraction of sp³-hybridized carbons (Fsp3) is 0.600. The number of likely N-dealkylation sites (N-methyl/N-ethyl adjacent to an activating group) is 1. The minimum absolute atomic E-state index is 0.00976. The summed E-state index contributed by atoms with van der Waals surface area (Å²) in [5, 5.41) is 0. The Hall–Kier alpha value is -1.92. The summed E-state index contributed by atoms with van der Waals surface area (Å²) in [4.78, 5) is 30.9. The first-order chi connectivity index (χ1) is 12.5. The number of hydrogen-bond acceptors (Lipinski definition) is 4. The van der Waals surface area contributed by atoms with Crippen molar-refractivity contribution < 1.29 is 14.3 Å². The van der Waals surface area contributed by atoms with Gasteiger partial charge in [0.25, 0.3) is 0 Å². The fourth-order valence-corrected chi connectivity index (χ4v) is 4.42. The van der Waals surface area contributed by atoms with Crippen molar-refractivity contribution in [1.29, 1.82) is 0 Å². The van der Waals surface area contributed by atoms with Crippen molar-refractivity contribution in [2.45, 2.75) is 38.3 Å². The van der Waals surface area contributed by atoms with Crippen LogP contribution < -0.4 is 4.90 Å². The molecular formula is C20H27N3O3. The molecule has 2 atom stereocenters. The molecule has 0 aliphatic carbocycles. The second kappa shape index (κ2) is 7.00. The van der Waals surface area contributed by atoms with E-state index in [9.17, 15) is 9.59 Å². The first-order valence-corrected chi connectivity index (χ1v) is 9.52. The van der Waals surface area contributed by atoms with Crippen molar-refractivity contribution >= 4 is 17.5 Å². The average Bonchev–Trinajstić information content (AvgIpc) is 2.97. The molecule has 0 N–H and O–H groups in total. The van der Waals surface area contributed by atoms with Gasteiger partial charge in [-0.15, -0.1) is 0 Å². The Balaban J connectivity index is 1.44. The van der Waals surface area contributed by atoms with Crippen molar-refractivity contribution in [3.63, 3.8) is 0 Å². The normalized spacial score (nSPS) is 26.5. The molecule has 0 bridgehead atoms. The Labute approximate surface area is 154 Å². The molecule has 3 heterocycles. The number of aryl methyl sites for hydroxylation is 2. The van der Waals surface area contributed by atoms with E-state index in [-0.39, 0.29) is 24.0 Å². The van der Waals surface area contributed by atoms with E-state index in [1.54, 1.807) is 4.90 Å². The van der Waals surface area contributed by atoms with Crippen molar-refractivity contribution in [1.82, 2.24) is 9.80 Å². The number of fused-ring (bicyclic) bond motifs is 2. The zero-order valence-corrected chi connectivity index (χ0v) is 15.6. The highest BCUT2D eigenvalue weighted by atomic mass is 16.5. The highest BCUT2D eigenvalue weighted by molar-refractivity contribution is 5.96. The molecule has 6 heteroatoms. The quantitative estimate of drug-likeness (QED) is 0.798. The van der Waals surface area contributed by atoms with E-state index in [4.69, 9.17) is 4.74 Å². The highest BCUT2D eigenvalue weighted by Crippen LogP contribution is 2.29. The van der Waals surface area contributed by atoms with Gasteiger partial charge in [0.15, 0.2) is 0 Å². The summed E-state index contributed by atoms with van der Waals surface area (Å²) in [6, 6.07) is 6.39. The zero-order valence-electron chi connectivity index (χ0n) is 15.6. The Morgan fingerprint density at radius 3 is 2.96 bits per heavy atom. The minimum Gasteiger partial charge on any atom is -0.374 e. The lowest BCUT2D eigenvalue weighted by atomic mass is 9.99. The van der Waals surface area contributed by atoms with E-state index in [0.717, 1.165) is 25.1 Å². The van der Waals surface area contributed by atoms with Crippen LogP contribution in [0.3, 0.4) is 0 Å². The summed E-state index contributed by atoms with van der Waals surface area (Å²) < 4.78 is 5.87. The smallest absolute Gasteiger partial charge is 0.241 e. The monoisotopic (exact) mass is 357 g/mol. The van der Waals surface area contributed by atoms with Crippen LogP contribution in [0.1, 0.15) is 24.0 Å². The summed E-state index contributed by atoms with van der Waals surface area (Å²) in [6.07, 6.45) is 2.51. The number of anilines is 1. The van der Waals surface area contributed by atoms with Gasteiger partial charge in [-0.2, -0.15) is 0 Å². The molecule has 2 amide bonds. The average molecular weight is 357 g/mol. The molecular weight excluding hydrogens is 330 g/mol. The first-order valence-electron chi connectivity index (χ1n) is 9.52. The highest BCUT2D eigenvalue weighted by Gasteiger charge is 2.40. The van der Waals surface area contributed by atoms with Gasteiger partial charge in [-0.1, -0.05) is 17.7 Å². The lowest BCUT2D eigenvalue weighted by Gasteiger charge is -2.31. The van der Waals surface area contributed by atoms with Gasteiger partial charge in [0.2, 0.25) is 11.8 Å². The third-order valence-corrected chi connectivity index (χ3v) is 5.86. The SMILES string of the molecule is Cc1ccc2c(c1)CCCN2C(=O)CN1C[C@@H]2OCCC(=O)N(C)[C@H]2C1. The third-order valence-electron chi connectivity index (χ3n) is 5.86. The van der Waals surface area contributed by atoms with Crippen molar-refractivity contribution in [3.05, 3.63) is 29.3 Å². The van der Waals surface area contributed by atoms with Crippen LogP contribution in [0.15, 0.2) is 18.2 Å². The first kappa shape index (κ1) is 17.5. The fourth-order valence-electron chi connectivity index (χ4n) is 4.42. The summed E-state index contributed by atoms with van der Waals surface area (Å²) >= 11 is 0. The molecule has 0 aromatic heterocycles. The van der Waals surface area contributed by atoms with Gasteiger partial charge >= 0.3 is 0 Å². The lowest BCUT2D eigenvalue weighted by molar-refractivity contribution is -0.131. The Morgan fingerprint density at radius 1 is 1.27 bits per heavy atom. The van der Waals surface area contributed by atoms with Crippen LogP contribution in [0.5, 0.6) is 0 Å². The minimum atomic E-state index is 0.00976. The Kier molecular flexibility index (Phi) is 4.71. The number of amides is 2. The standard InChI is InChI=1S/C20H27N3O3/c1-14-5-6-16-15(10-14)4-3-8-23(16)20(25)13-22-11-17-18(12-22)26-9-7-19(24)21(17)2/h5-6,10,17-18H,3-4,7-9,11-13H2,1-2H3/t17-,18-/m0/s1. The van der Waals surface area contributed by atoms with E-state index in [0.29, 0.717) is 32.7 Å². The predicted molar refractivity (Wildman–Crippen MR) is 99.2 cm³/mol. The van der Waals surface area contributed by atoms with Crippen LogP contribution >= 0.6 is 0 Å². The maximum absolute atomic E-state index is 13.0. The van der Waals surface area contributed by atoms with E-state index in [1.165, 1.54) is 11.1 Å². The van der Waals surface area contributed by atoms with Crippen LogP contribution in [0.4, 0.5) is 5.69 Å². The number of nitrogens with zero attached hydrogens (tertiary/aromatic N) is 3. The number of carbonyl (C=O) groups is 2. The largest absolute Gasteiger partial charge is 0.374 e. The topological polar surface area (TPSA) is 53.1 Å². The van der Waals surface area contributed by atoms with Crippen molar-refractivity contribution in [2.75, 3.05) is 44.7 Å². The molecule has 0 spiro atoms. The lowest BCUT2D eigenvalue weighted by Crippen LogP contribution is -2.44. The molecule has 1 aromatic rings. The van der Waals surface area contributed by atoms with Gasteiger partial charge in [0.1, 0.15) is 0 Å². The van der Waals surface area contributed by atoms with Gasteiger partial charge in [-0.05, 0) is 31.4 Å². The number of ether oxygens (including phenoxy) is 1. The molecule has 140 valence electrons. The molecule has 3 aliphatic rings. The molecule has 6 nitrogen and oxygen atoms in total. The molecule has 0 radical (unpaired) electrons. The van der Waals surface area contributed by atoms with E-state index in [2.05, 4.69) is 30.0 Å². The summed E-state index contributed by atoms with van der Waals surface area (Å²) in [5.74, 6) is 0.270. The molecule has 1 aromatic carbocycles. The number of benzene rings is 1. The predicted octanol–water partition coefficient (Wildman–Crippen LogP) is 1.21. The summed E-state index contributed by atoms with van der Waals surface area (Å²) in [7, 11) is 1.85. The maximum Gasteiger partial charge on any atom is 0.241 e. The molecule has 2 fully saturated rings. The summed E-state index contributed by atoms with van der Waals surface area (Å²) in [5.41, 5.74) is 3.57. The molecule has 0 unspecified atom stereocenters. The van der Waals surface area contributed by atoms with Gasteiger partial charge < -0.3 is 14.5 Å². The van der Waals surface area contributed by atoms with Crippen molar-refractivity contribution in [2.24, 2.45) is 0 Å². The number of rotatable bonds is 2. The van der Waals surface area contributed by atoms with E-state index in [1.807, 2.05) is 11.9 Å². The van der Waals surface area contributed by atoms with Crippen LogP contribution in [0.2, 0.25) is 0 Å². The zero-order chi connectivity index (χ0) is 18.3. The Morgan fingerprint density at radius 2 is 2.12 bits per heavy atom. The molecule has 0 saturated carbocycles. The van der Waals surface area contributed by atoms with E-state index >= 15 is 0 Å². The second-order valence-corrected chi connectivity index (χ2v) is 7.71. The van der Waals surface area contributed by atoms with Gasteiger partial charge in [0, 0.05) is 32.4 Å². The molecule has 3 aliphatic heterocycles. The number of carbonyl (C=O) groups excluding carboxylic acids is 2. The Bertz CT molecular complexity index is 720. The molecule has 4 rings (SSSR count). The number of likely N-dealkylation sites (tertiary alicyclic amines) is 1. The third kappa shape index (κ3) is 3.23. The van der Waals surface area contributed by atoms with E-state index < -0.39 is 0 Å². The van der Waals surface area contributed by atoms with Gasteiger partial charge in [0.05, 0.1) is 31.7 Å². The maximum atomic E-state index is 13.0. The van der Waals surface area contributed by atoms with Crippen LogP contribution in [0.25, 0.3) is 0 Å². The van der Waals surface area contributed by atoms with Gasteiger partial charge in [-0.25, -0.2) is 0 Å². The van der Waals surface area contributed by atoms with Gasteiger partial charge in [-0.3, -0.25) is 14.5 Å². The summed E-state index contributed by atoms with van der Waals surface area (Å²) in [6.45, 7) is 5.14. The number of hydrogen-bond donors (Lipinski definition) is 0.